The molecule has 0 aliphatic heterocycles. The van der Waals surface area contributed by atoms with Gasteiger partial charge in [-0.05, 0) is 19.9 Å². The van der Waals surface area contributed by atoms with Crippen LogP contribution in [0.2, 0.25) is 0 Å². The number of hydrogen-bond donors (Lipinski definition) is 1. The normalized spacial score (nSPS) is 10.6. The second-order valence-electron chi connectivity index (χ2n) is 2.95. The average molecular weight is 176 g/mol. The zero-order valence-corrected chi connectivity index (χ0v) is 7.78. The molecule has 68 valence electrons. The molecule has 0 bridgehead atoms. The smallest absolute Gasteiger partial charge is 0.0924 e. The van der Waals surface area contributed by atoms with Gasteiger partial charge in [-0.25, -0.2) is 4.98 Å². The highest BCUT2D eigenvalue weighted by molar-refractivity contribution is 5.53. The summed E-state index contributed by atoms with van der Waals surface area (Å²) in [6.07, 6.45) is 3.49. The molecular formula is C9H12N4. The summed E-state index contributed by atoms with van der Waals surface area (Å²) in [7, 11) is 0. The molecule has 2 aromatic rings. The Balaban J connectivity index is 2.50. The molecule has 0 saturated heterocycles. The van der Waals surface area contributed by atoms with Crippen LogP contribution in [0.4, 0.5) is 0 Å². The van der Waals surface area contributed by atoms with Gasteiger partial charge >= 0.3 is 0 Å². The SMILES string of the molecule is CCn1nc(C)cc1-c1cnc[nH]1. The Labute approximate surface area is 76.6 Å². The second-order valence-corrected chi connectivity index (χ2v) is 2.95. The molecule has 0 fully saturated rings. The maximum Gasteiger partial charge on any atom is 0.0924 e. The summed E-state index contributed by atoms with van der Waals surface area (Å²) in [6, 6.07) is 2.05. The van der Waals surface area contributed by atoms with Crippen molar-refractivity contribution in [2.45, 2.75) is 20.4 Å². The van der Waals surface area contributed by atoms with Gasteiger partial charge in [-0.1, -0.05) is 0 Å². The third-order valence-corrected chi connectivity index (χ3v) is 1.98. The summed E-state index contributed by atoms with van der Waals surface area (Å²) in [6.45, 7) is 4.94. The maximum atomic E-state index is 4.35. The summed E-state index contributed by atoms with van der Waals surface area (Å²) in [5, 5.41) is 4.35. The number of H-pyrrole nitrogens is 1. The summed E-state index contributed by atoms with van der Waals surface area (Å²) >= 11 is 0. The molecule has 13 heavy (non-hydrogen) atoms. The van der Waals surface area contributed by atoms with Gasteiger partial charge in [0.05, 0.1) is 29.6 Å². The molecule has 0 radical (unpaired) electrons. The molecule has 1 N–H and O–H groups in total. The zero-order chi connectivity index (χ0) is 9.26. The molecule has 4 nitrogen and oxygen atoms in total. The number of hydrogen-bond acceptors (Lipinski definition) is 2. The summed E-state index contributed by atoms with van der Waals surface area (Å²) in [5.41, 5.74) is 3.14. The van der Waals surface area contributed by atoms with Gasteiger partial charge in [-0.3, -0.25) is 4.68 Å². The predicted octanol–water partition coefficient (Wildman–Crippen LogP) is 1.60. The molecule has 4 heteroatoms. The minimum absolute atomic E-state index is 0.877. The van der Waals surface area contributed by atoms with Crippen molar-refractivity contribution in [3.05, 3.63) is 24.3 Å². The van der Waals surface area contributed by atoms with Crippen molar-refractivity contribution in [3.8, 4) is 11.4 Å². The van der Waals surface area contributed by atoms with Gasteiger partial charge in [-0.2, -0.15) is 5.10 Å². The van der Waals surface area contributed by atoms with Gasteiger partial charge in [0.1, 0.15) is 0 Å². The molecule has 0 spiro atoms. The van der Waals surface area contributed by atoms with Crippen molar-refractivity contribution in [1.29, 1.82) is 0 Å². The summed E-state index contributed by atoms with van der Waals surface area (Å²) < 4.78 is 1.96. The van der Waals surface area contributed by atoms with E-state index in [9.17, 15) is 0 Å². The van der Waals surface area contributed by atoms with Gasteiger partial charge < -0.3 is 4.98 Å². The quantitative estimate of drug-likeness (QED) is 0.755. The number of aryl methyl sites for hydroxylation is 2. The van der Waals surface area contributed by atoms with Gasteiger partial charge in [0, 0.05) is 6.54 Å². The van der Waals surface area contributed by atoms with Crippen LogP contribution < -0.4 is 0 Å². The average Bonchev–Trinajstić information content (AvgIpc) is 2.71. The molecule has 0 aliphatic rings. The van der Waals surface area contributed by atoms with Crippen LogP contribution in [0, 0.1) is 6.92 Å². The van der Waals surface area contributed by atoms with Crippen LogP contribution in [0.1, 0.15) is 12.6 Å². The Morgan fingerprint density at radius 1 is 1.54 bits per heavy atom. The molecule has 0 amide bonds. The first-order valence-corrected chi connectivity index (χ1v) is 4.34. The standard InChI is InChI=1S/C9H12N4/c1-3-13-9(4-7(2)12-13)8-5-10-6-11-8/h4-6H,3H2,1-2H3,(H,10,11). The number of aromatic amines is 1. The monoisotopic (exact) mass is 176 g/mol. The lowest BCUT2D eigenvalue weighted by Gasteiger charge is -2.00. The number of nitrogens with one attached hydrogen (secondary N) is 1. The van der Waals surface area contributed by atoms with Crippen LogP contribution in [0.5, 0.6) is 0 Å². The lowest BCUT2D eigenvalue weighted by atomic mass is 10.3. The van der Waals surface area contributed by atoms with Crippen molar-refractivity contribution in [3.63, 3.8) is 0 Å². The molecule has 2 heterocycles. The Bertz CT molecular complexity index is 386. The fourth-order valence-electron chi connectivity index (χ4n) is 1.40. The first kappa shape index (κ1) is 8.04. The Morgan fingerprint density at radius 3 is 3.00 bits per heavy atom. The van der Waals surface area contributed by atoms with Gasteiger partial charge in [-0.15, -0.1) is 0 Å². The van der Waals surface area contributed by atoms with E-state index in [1.54, 1.807) is 6.33 Å². The minimum atomic E-state index is 0.877. The van der Waals surface area contributed by atoms with Gasteiger partial charge in [0.15, 0.2) is 0 Å². The number of nitrogens with zero attached hydrogens (tertiary/aromatic N) is 3. The fourth-order valence-corrected chi connectivity index (χ4v) is 1.40. The van der Waals surface area contributed by atoms with E-state index in [1.807, 2.05) is 17.8 Å². The lowest BCUT2D eigenvalue weighted by molar-refractivity contribution is 0.659. The van der Waals surface area contributed by atoms with Crippen molar-refractivity contribution >= 4 is 0 Å². The Hall–Kier alpha value is -1.58. The number of aromatic nitrogens is 4. The van der Waals surface area contributed by atoms with Crippen LogP contribution in [-0.2, 0) is 6.54 Å². The van der Waals surface area contributed by atoms with Crippen molar-refractivity contribution in [2.75, 3.05) is 0 Å². The van der Waals surface area contributed by atoms with Crippen molar-refractivity contribution in [2.24, 2.45) is 0 Å². The summed E-state index contributed by atoms with van der Waals surface area (Å²) in [5.74, 6) is 0. The largest absolute Gasteiger partial charge is 0.343 e. The van der Waals surface area contributed by atoms with E-state index in [0.29, 0.717) is 0 Å². The van der Waals surface area contributed by atoms with Crippen molar-refractivity contribution in [1.82, 2.24) is 19.7 Å². The van der Waals surface area contributed by atoms with Crippen LogP contribution in [0.3, 0.4) is 0 Å². The van der Waals surface area contributed by atoms with Gasteiger partial charge in [0.2, 0.25) is 0 Å². The van der Waals surface area contributed by atoms with Crippen LogP contribution >= 0.6 is 0 Å². The molecule has 2 aromatic heterocycles. The van der Waals surface area contributed by atoms with Gasteiger partial charge in [0.25, 0.3) is 0 Å². The van der Waals surface area contributed by atoms with E-state index >= 15 is 0 Å². The van der Waals surface area contributed by atoms with Crippen LogP contribution in [0.15, 0.2) is 18.6 Å². The topological polar surface area (TPSA) is 46.5 Å². The van der Waals surface area contributed by atoms with E-state index in [0.717, 1.165) is 23.6 Å². The van der Waals surface area contributed by atoms with E-state index in [4.69, 9.17) is 0 Å². The van der Waals surface area contributed by atoms with Crippen molar-refractivity contribution < 1.29 is 0 Å². The first-order chi connectivity index (χ1) is 6.31. The third-order valence-electron chi connectivity index (χ3n) is 1.98. The fraction of sp³-hybridized carbons (Fsp3) is 0.333. The zero-order valence-electron chi connectivity index (χ0n) is 7.78. The molecular weight excluding hydrogens is 164 g/mol. The highest BCUT2D eigenvalue weighted by atomic mass is 15.3. The summed E-state index contributed by atoms with van der Waals surface area (Å²) in [4.78, 5) is 7.06. The second kappa shape index (κ2) is 3.05. The number of imidazole rings is 1. The van der Waals surface area contributed by atoms with E-state index in [1.165, 1.54) is 0 Å². The van der Waals surface area contributed by atoms with E-state index in [-0.39, 0.29) is 0 Å². The molecule has 0 aliphatic carbocycles. The Morgan fingerprint density at radius 2 is 2.38 bits per heavy atom. The highest BCUT2D eigenvalue weighted by Gasteiger charge is 2.06. The van der Waals surface area contributed by atoms with Crippen LogP contribution in [0.25, 0.3) is 11.4 Å². The predicted molar refractivity (Wildman–Crippen MR) is 50.2 cm³/mol. The van der Waals surface area contributed by atoms with Crippen LogP contribution in [-0.4, -0.2) is 19.7 Å². The maximum absolute atomic E-state index is 4.35. The molecule has 0 unspecified atom stereocenters. The molecule has 0 aromatic carbocycles. The lowest BCUT2D eigenvalue weighted by Crippen LogP contribution is -1.99. The molecule has 2 rings (SSSR count). The minimum Gasteiger partial charge on any atom is -0.343 e. The van der Waals surface area contributed by atoms with E-state index in [2.05, 4.69) is 28.1 Å². The molecule has 0 saturated carbocycles. The molecule has 0 atom stereocenters. The third kappa shape index (κ3) is 1.35. The number of rotatable bonds is 2. The van der Waals surface area contributed by atoms with E-state index < -0.39 is 0 Å². The highest BCUT2D eigenvalue weighted by Crippen LogP contribution is 2.16. The Kier molecular flexibility index (Phi) is 1.88. The first-order valence-electron chi connectivity index (χ1n) is 4.34.